The van der Waals surface area contributed by atoms with Crippen molar-refractivity contribution in [3.05, 3.63) is 69.3 Å². The van der Waals surface area contributed by atoms with Crippen LogP contribution in [0.15, 0.2) is 41.8 Å². The fourth-order valence-electron chi connectivity index (χ4n) is 3.85. The molecule has 1 aromatic carbocycles. The number of ketones is 1. The molecule has 0 bridgehead atoms. The SMILES string of the molecule is CN1CCc2nc3sc(C(=O)c4ccc(F)cc4)c(N)c3c(-c3cccs3)c2C1. The highest BCUT2D eigenvalue weighted by Gasteiger charge is 2.27. The van der Waals surface area contributed by atoms with Crippen molar-refractivity contribution in [2.24, 2.45) is 0 Å². The van der Waals surface area contributed by atoms with Gasteiger partial charge in [-0.15, -0.1) is 22.7 Å². The number of hydrogen-bond acceptors (Lipinski definition) is 6. The minimum Gasteiger partial charge on any atom is -0.397 e. The van der Waals surface area contributed by atoms with Crippen molar-refractivity contribution in [1.29, 1.82) is 0 Å². The number of nitrogen functional groups attached to an aromatic ring is 1. The Morgan fingerprint density at radius 3 is 2.76 bits per heavy atom. The van der Waals surface area contributed by atoms with E-state index in [9.17, 15) is 9.18 Å². The van der Waals surface area contributed by atoms with Crippen LogP contribution in [-0.2, 0) is 13.0 Å². The van der Waals surface area contributed by atoms with Gasteiger partial charge in [0.05, 0.1) is 5.69 Å². The molecule has 4 nitrogen and oxygen atoms in total. The van der Waals surface area contributed by atoms with Crippen molar-refractivity contribution in [1.82, 2.24) is 9.88 Å². The predicted molar refractivity (Wildman–Crippen MR) is 117 cm³/mol. The first kappa shape index (κ1) is 18.4. The Morgan fingerprint density at radius 2 is 2.03 bits per heavy atom. The van der Waals surface area contributed by atoms with E-state index < -0.39 is 0 Å². The molecule has 0 aliphatic carbocycles. The molecule has 1 aliphatic heterocycles. The van der Waals surface area contributed by atoms with Crippen molar-refractivity contribution in [3.63, 3.8) is 0 Å². The van der Waals surface area contributed by atoms with Crippen molar-refractivity contribution in [2.45, 2.75) is 13.0 Å². The second-order valence-electron chi connectivity index (χ2n) is 7.24. The lowest BCUT2D eigenvalue weighted by molar-refractivity contribution is 0.104. The van der Waals surface area contributed by atoms with Gasteiger partial charge >= 0.3 is 0 Å². The number of anilines is 1. The van der Waals surface area contributed by atoms with Crippen LogP contribution in [0.4, 0.5) is 10.1 Å². The van der Waals surface area contributed by atoms with E-state index in [0.29, 0.717) is 16.1 Å². The largest absolute Gasteiger partial charge is 0.397 e. The molecule has 0 radical (unpaired) electrons. The van der Waals surface area contributed by atoms with Crippen LogP contribution >= 0.6 is 22.7 Å². The van der Waals surface area contributed by atoms with Gasteiger partial charge in [0.2, 0.25) is 5.78 Å². The summed E-state index contributed by atoms with van der Waals surface area (Å²) in [6.45, 7) is 1.76. The second-order valence-corrected chi connectivity index (χ2v) is 9.18. The van der Waals surface area contributed by atoms with Crippen LogP contribution in [0.1, 0.15) is 26.5 Å². The quantitative estimate of drug-likeness (QED) is 0.473. The molecule has 0 atom stereocenters. The zero-order chi connectivity index (χ0) is 20.1. The summed E-state index contributed by atoms with van der Waals surface area (Å²) in [5.74, 6) is -0.568. The summed E-state index contributed by atoms with van der Waals surface area (Å²) >= 11 is 2.99. The van der Waals surface area contributed by atoms with Gasteiger partial charge < -0.3 is 10.6 Å². The van der Waals surface area contributed by atoms with Crippen LogP contribution in [-0.4, -0.2) is 29.3 Å². The first-order chi connectivity index (χ1) is 14.0. The summed E-state index contributed by atoms with van der Waals surface area (Å²) in [5, 5.41) is 2.91. The average molecular weight is 424 g/mol. The summed E-state index contributed by atoms with van der Waals surface area (Å²) in [6, 6.07) is 9.69. The van der Waals surface area contributed by atoms with E-state index in [4.69, 9.17) is 10.7 Å². The highest BCUT2D eigenvalue weighted by molar-refractivity contribution is 7.21. The molecule has 0 saturated carbocycles. The molecule has 0 fully saturated rings. The topological polar surface area (TPSA) is 59.2 Å². The van der Waals surface area contributed by atoms with Gasteiger partial charge in [0.25, 0.3) is 0 Å². The zero-order valence-corrected chi connectivity index (χ0v) is 17.4. The number of halogens is 1. The molecule has 3 aromatic heterocycles. The summed E-state index contributed by atoms with van der Waals surface area (Å²) in [5.41, 5.74) is 10.8. The molecule has 146 valence electrons. The van der Waals surface area contributed by atoms with Crippen molar-refractivity contribution in [3.8, 4) is 10.4 Å². The second kappa shape index (κ2) is 7.02. The lowest BCUT2D eigenvalue weighted by Gasteiger charge is -2.26. The van der Waals surface area contributed by atoms with Gasteiger partial charge in [-0.3, -0.25) is 4.79 Å². The first-order valence-electron chi connectivity index (χ1n) is 9.29. The van der Waals surface area contributed by atoms with E-state index in [1.165, 1.54) is 41.2 Å². The van der Waals surface area contributed by atoms with Gasteiger partial charge in [0, 0.05) is 46.6 Å². The molecular formula is C22H18FN3OS2. The monoisotopic (exact) mass is 423 g/mol. The molecule has 0 amide bonds. The molecule has 29 heavy (non-hydrogen) atoms. The molecule has 2 N–H and O–H groups in total. The number of aromatic nitrogens is 1. The molecular weight excluding hydrogens is 405 g/mol. The van der Waals surface area contributed by atoms with E-state index >= 15 is 0 Å². The van der Waals surface area contributed by atoms with Crippen molar-refractivity contribution < 1.29 is 9.18 Å². The van der Waals surface area contributed by atoms with E-state index in [0.717, 1.165) is 45.9 Å². The maximum atomic E-state index is 13.3. The molecule has 0 unspecified atom stereocenters. The highest BCUT2D eigenvalue weighted by Crippen LogP contribution is 2.45. The van der Waals surface area contributed by atoms with E-state index in [1.54, 1.807) is 11.3 Å². The minimum absolute atomic E-state index is 0.197. The number of fused-ring (bicyclic) bond motifs is 2. The maximum Gasteiger partial charge on any atom is 0.205 e. The Morgan fingerprint density at radius 1 is 1.24 bits per heavy atom. The van der Waals surface area contributed by atoms with Gasteiger partial charge in [-0.2, -0.15) is 0 Å². The third kappa shape index (κ3) is 3.06. The summed E-state index contributed by atoms with van der Waals surface area (Å²) in [4.78, 5) is 22.7. The van der Waals surface area contributed by atoms with E-state index in [1.807, 2.05) is 11.4 Å². The lowest BCUT2D eigenvalue weighted by Crippen LogP contribution is -2.27. The van der Waals surface area contributed by atoms with Crippen LogP contribution < -0.4 is 5.73 Å². The Labute approximate surface area is 175 Å². The molecule has 0 spiro atoms. The highest BCUT2D eigenvalue weighted by atomic mass is 32.1. The van der Waals surface area contributed by atoms with Crippen LogP contribution in [0.2, 0.25) is 0 Å². The zero-order valence-electron chi connectivity index (χ0n) is 15.7. The lowest BCUT2D eigenvalue weighted by atomic mass is 9.95. The van der Waals surface area contributed by atoms with Crippen LogP contribution in [0.5, 0.6) is 0 Å². The van der Waals surface area contributed by atoms with Gasteiger partial charge in [-0.05, 0) is 48.3 Å². The number of rotatable bonds is 3. The van der Waals surface area contributed by atoms with Crippen molar-refractivity contribution >= 4 is 44.4 Å². The summed E-state index contributed by atoms with van der Waals surface area (Å²) in [6.07, 6.45) is 0.874. The Bertz CT molecular complexity index is 1230. The van der Waals surface area contributed by atoms with Crippen LogP contribution in [0.3, 0.4) is 0 Å². The molecule has 4 heterocycles. The van der Waals surface area contributed by atoms with Crippen molar-refractivity contribution in [2.75, 3.05) is 19.3 Å². The average Bonchev–Trinajstić information content (AvgIpc) is 3.35. The van der Waals surface area contributed by atoms with Gasteiger partial charge in [-0.25, -0.2) is 9.37 Å². The maximum absolute atomic E-state index is 13.3. The number of benzene rings is 1. The fourth-order valence-corrected chi connectivity index (χ4v) is 5.74. The number of nitrogens with two attached hydrogens (primary N) is 1. The van der Waals surface area contributed by atoms with Crippen LogP contribution in [0.25, 0.3) is 20.7 Å². The molecule has 4 aromatic rings. The number of hydrogen-bond donors (Lipinski definition) is 1. The molecule has 7 heteroatoms. The van der Waals surface area contributed by atoms with Gasteiger partial charge in [0.1, 0.15) is 15.5 Å². The number of likely N-dealkylation sites (N-methyl/N-ethyl adjacent to an activating group) is 1. The molecule has 1 aliphatic rings. The van der Waals surface area contributed by atoms with Crippen LogP contribution in [0, 0.1) is 5.82 Å². The summed E-state index contributed by atoms with van der Waals surface area (Å²) < 4.78 is 13.3. The van der Waals surface area contributed by atoms with E-state index in [-0.39, 0.29) is 11.6 Å². The number of carbonyl (C=O) groups is 1. The number of thiophene rings is 2. The molecule has 0 saturated heterocycles. The smallest absolute Gasteiger partial charge is 0.205 e. The predicted octanol–water partition coefficient (Wildman–Crippen LogP) is 4.97. The summed E-state index contributed by atoms with van der Waals surface area (Å²) in [7, 11) is 2.10. The Balaban J connectivity index is 1.76. The first-order valence-corrected chi connectivity index (χ1v) is 11.0. The Kier molecular flexibility index (Phi) is 4.46. The number of carbonyl (C=O) groups excluding carboxylic acids is 1. The fraction of sp³-hybridized carbons (Fsp3) is 0.182. The normalized spacial score (nSPS) is 14.3. The number of nitrogens with zero attached hydrogens (tertiary/aromatic N) is 2. The number of pyridine rings is 1. The minimum atomic E-state index is -0.371. The Hall–Kier alpha value is -2.61. The van der Waals surface area contributed by atoms with E-state index in [2.05, 4.69) is 18.0 Å². The van der Waals surface area contributed by atoms with Gasteiger partial charge in [-0.1, -0.05) is 6.07 Å². The standard InChI is InChI=1S/C22H18FN3OS2/c1-26-9-8-15-14(11-26)17(16-3-2-10-28-16)18-19(24)21(29-22(18)25-15)20(27)12-4-6-13(23)7-5-12/h2-7,10H,8-9,11,24H2,1H3. The third-order valence-electron chi connectivity index (χ3n) is 5.30. The van der Waals surface area contributed by atoms with Gasteiger partial charge in [0.15, 0.2) is 0 Å². The third-order valence-corrected chi connectivity index (χ3v) is 7.29. The molecule has 5 rings (SSSR count).